The van der Waals surface area contributed by atoms with Gasteiger partial charge in [-0.1, -0.05) is 13.8 Å². The molecule has 0 bridgehead atoms. The number of rotatable bonds is 6. The molecule has 1 amide bonds. The Balaban J connectivity index is 2.68. The van der Waals surface area contributed by atoms with Crippen molar-refractivity contribution in [1.82, 2.24) is 10.3 Å². The molecule has 0 aromatic carbocycles. The standard InChI is InChI=1S/C13H22N4O/c1-4-15-12(18)11-7-10(5-6-16-11)17-9-13(2,3)8-14/h5-7H,4,8-9,14H2,1-3H3,(H,15,18)(H,16,17). The molecule has 1 heterocycles. The highest BCUT2D eigenvalue weighted by atomic mass is 16.1. The summed E-state index contributed by atoms with van der Waals surface area (Å²) in [6.07, 6.45) is 1.63. The predicted octanol–water partition coefficient (Wildman–Crippen LogP) is 1.23. The number of carbonyl (C=O) groups is 1. The van der Waals surface area contributed by atoms with Gasteiger partial charge in [0.2, 0.25) is 0 Å². The number of nitrogens with zero attached hydrogens (tertiary/aromatic N) is 1. The lowest BCUT2D eigenvalue weighted by Crippen LogP contribution is -2.31. The molecule has 1 aromatic heterocycles. The minimum atomic E-state index is -0.153. The van der Waals surface area contributed by atoms with Gasteiger partial charge in [-0.15, -0.1) is 0 Å². The lowest BCUT2D eigenvalue weighted by Gasteiger charge is -2.23. The van der Waals surface area contributed by atoms with E-state index in [1.165, 1.54) is 0 Å². The van der Waals surface area contributed by atoms with E-state index in [0.29, 0.717) is 18.8 Å². The molecule has 5 heteroatoms. The van der Waals surface area contributed by atoms with Gasteiger partial charge >= 0.3 is 0 Å². The first kappa shape index (κ1) is 14.4. The Labute approximate surface area is 108 Å². The molecule has 4 N–H and O–H groups in total. The van der Waals surface area contributed by atoms with Crippen LogP contribution in [0.2, 0.25) is 0 Å². The van der Waals surface area contributed by atoms with Gasteiger partial charge in [0.05, 0.1) is 0 Å². The van der Waals surface area contributed by atoms with Crippen molar-refractivity contribution in [3.63, 3.8) is 0 Å². The van der Waals surface area contributed by atoms with Crippen LogP contribution in [0.5, 0.6) is 0 Å². The number of nitrogens with two attached hydrogens (primary N) is 1. The molecule has 1 aromatic rings. The van der Waals surface area contributed by atoms with Crippen LogP contribution in [0.25, 0.3) is 0 Å². The van der Waals surface area contributed by atoms with E-state index in [2.05, 4.69) is 29.5 Å². The lowest BCUT2D eigenvalue weighted by molar-refractivity contribution is 0.0951. The Hall–Kier alpha value is -1.62. The van der Waals surface area contributed by atoms with E-state index in [4.69, 9.17) is 5.73 Å². The van der Waals surface area contributed by atoms with Gasteiger partial charge in [-0.2, -0.15) is 0 Å². The van der Waals surface area contributed by atoms with Gasteiger partial charge in [0.15, 0.2) is 0 Å². The number of nitrogens with one attached hydrogen (secondary N) is 2. The predicted molar refractivity (Wildman–Crippen MR) is 73.6 cm³/mol. The van der Waals surface area contributed by atoms with Crippen molar-refractivity contribution >= 4 is 11.6 Å². The van der Waals surface area contributed by atoms with E-state index in [1.807, 2.05) is 13.0 Å². The third kappa shape index (κ3) is 4.33. The molecule has 0 radical (unpaired) electrons. The van der Waals surface area contributed by atoms with Crippen molar-refractivity contribution in [3.8, 4) is 0 Å². The van der Waals surface area contributed by atoms with Gasteiger partial charge in [0, 0.05) is 25.0 Å². The number of carbonyl (C=O) groups excluding carboxylic acids is 1. The van der Waals surface area contributed by atoms with Crippen LogP contribution in [0, 0.1) is 5.41 Å². The Morgan fingerprint density at radius 1 is 1.50 bits per heavy atom. The smallest absolute Gasteiger partial charge is 0.269 e. The summed E-state index contributed by atoms with van der Waals surface area (Å²) in [6, 6.07) is 3.59. The highest BCUT2D eigenvalue weighted by Gasteiger charge is 2.15. The molecule has 1 rings (SSSR count). The summed E-state index contributed by atoms with van der Waals surface area (Å²) in [4.78, 5) is 15.7. The van der Waals surface area contributed by atoms with Gasteiger partial charge in [-0.25, -0.2) is 0 Å². The fourth-order valence-corrected chi connectivity index (χ4v) is 1.33. The van der Waals surface area contributed by atoms with Crippen LogP contribution in [0.3, 0.4) is 0 Å². The van der Waals surface area contributed by atoms with Gasteiger partial charge in [-0.3, -0.25) is 9.78 Å². The summed E-state index contributed by atoms with van der Waals surface area (Å²) in [7, 11) is 0. The highest BCUT2D eigenvalue weighted by Crippen LogP contribution is 2.15. The van der Waals surface area contributed by atoms with Crippen molar-refractivity contribution in [2.45, 2.75) is 20.8 Å². The van der Waals surface area contributed by atoms with E-state index in [1.54, 1.807) is 12.3 Å². The molecule has 0 aliphatic heterocycles. The lowest BCUT2D eigenvalue weighted by atomic mass is 9.94. The molecule has 5 nitrogen and oxygen atoms in total. The average molecular weight is 250 g/mol. The monoisotopic (exact) mass is 250 g/mol. The zero-order valence-electron chi connectivity index (χ0n) is 11.3. The third-order valence-corrected chi connectivity index (χ3v) is 2.65. The second-order valence-electron chi connectivity index (χ2n) is 5.01. The molecule has 0 atom stereocenters. The van der Waals surface area contributed by atoms with E-state index in [0.717, 1.165) is 12.2 Å². The molecule has 0 aliphatic rings. The zero-order valence-corrected chi connectivity index (χ0v) is 11.3. The van der Waals surface area contributed by atoms with E-state index >= 15 is 0 Å². The normalized spacial score (nSPS) is 11.1. The van der Waals surface area contributed by atoms with Crippen molar-refractivity contribution in [2.24, 2.45) is 11.1 Å². The van der Waals surface area contributed by atoms with Gasteiger partial charge in [0.1, 0.15) is 5.69 Å². The summed E-state index contributed by atoms with van der Waals surface area (Å²) in [6.45, 7) is 8.01. The topological polar surface area (TPSA) is 80.0 Å². The average Bonchev–Trinajstić information content (AvgIpc) is 2.37. The molecule has 100 valence electrons. The van der Waals surface area contributed by atoms with Crippen LogP contribution < -0.4 is 16.4 Å². The fourth-order valence-electron chi connectivity index (χ4n) is 1.33. The minimum Gasteiger partial charge on any atom is -0.384 e. The van der Waals surface area contributed by atoms with Gasteiger partial charge in [-0.05, 0) is 31.0 Å². The molecule has 0 spiro atoms. The first-order valence-corrected chi connectivity index (χ1v) is 6.16. The molecular weight excluding hydrogens is 228 g/mol. The number of amides is 1. The molecule has 0 saturated carbocycles. The SMILES string of the molecule is CCNC(=O)c1cc(NCC(C)(C)CN)ccn1. The Kier molecular flexibility index (Phi) is 5.09. The van der Waals surface area contributed by atoms with E-state index < -0.39 is 0 Å². The van der Waals surface area contributed by atoms with Crippen LogP contribution in [0.4, 0.5) is 5.69 Å². The highest BCUT2D eigenvalue weighted by molar-refractivity contribution is 5.93. The number of hydrogen-bond donors (Lipinski definition) is 3. The second-order valence-corrected chi connectivity index (χ2v) is 5.01. The molecule has 18 heavy (non-hydrogen) atoms. The van der Waals surface area contributed by atoms with Crippen LogP contribution in [-0.2, 0) is 0 Å². The first-order chi connectivity index (χ1) is 8.48. The summed E-state index contributed by atoms with van der Waals surface area (Å²) >= 11 is 0. The Morgan fingerprint density at radius 3 is 2.83 bits per heavy atom. The van der Waals surface area contributed by atoms with Crippen molar-refractivity contribution in [3.05, 3.63) is 24.0 Å². The Morgan fingerprint density at radius 2 is 2.22 bits per heavy atom. The summed E-state index contributed by atoms with van der Waals surface area (Å²) in [5.74, 6) is -0.153. The maximum absolute atomic E-state index is 11.6. The fraction of sp³-hybridized carbons (Fsp3) is 0.538. The van der Waals surface area contributed by atoms with E-state index in [-0.39, 0.29) is 11.3 Å². The molecule has 0 aliphatic carbocycles. The number of pyridine rings is 1. The van der Waals surface area contributed by atoms with Crippen molar-refractivity contribution < 1.29 is 4.79 Å². The number of hydrogen-bond acceptors (Lipinski definition) is 4. The van der Waals surface area contributed by atoms with Crippen molar-refractivity contribution in [1.29, 1.82) is 0 Å². The maximum atomic E-state index is 11.6. The van der Waals surface area contributed by atoms with Gasteiger partial charge < -0.3 is 16.4 Å². The molecular formula is C13H22N4O. The quantitative estimate of drug-likeness (QED) is 0.709. The Bertz CT molecular complexity index is 404. The van der Waals surface area contributed by atoms with E-state index in [9.17, 15) is 4.79 Å². The summed E-state index contributed by atoms with van der Waals surface area (Å²) in [5.41, 5.74) is 7.00. The molecule has 0 unspecified atom stereocenters. The zero-order chi connectivity index (χ0) is 13.6. The largest absolute Gasteiger partial charge is 0.384 e. The molecule has 0 saturated heterocycles. The second kappa shape index (κ2) is 6.35. The van der Waals surface area contributed by atoms with Crippen LogP contribution in [0.1, 0.15) is 31.3 Å². The van der Waals surface area contributed by atoms with Crippen LogP contribution >= 0.6 is 0 Å². The third-order valence-electron chi connectivity index (χ3n) is 2.65. The summed E-state index contributed by atoms with van der Waals surface area (Å²) < 4.78 is 0. The molecule has 0 fully saturated rings. The number of aromatic nitrogens is 1. The summed E-state index contributed by atoms with van der Waals surface area (Å²) in [5, 5.41) is 6.00. The van der Waals surface area contributed by atoms with Crippen molar-refractivity contribution in [2.75, 3.05) is 25.0 Å². The van der Waals surface area contributed by atoms with Gasteiger partial charge in [0.25, 0.3) is 5.91 Å². The first-order valence-electron chi connectivity index (χ1n) is 6.16. The maximum Gasteiger partial charge on any atom is 0.269 e. The van der Waals surface area contributed by atoms with Crippen LogP contribution in [-0.4, -0.2) is 30.5 Å². The van der Waals surface area contributed by atoms with Crippen LogP contribution in [0.15, 0.2) is 18.3 Å². The minimum absolute atomic E-state index is 0.0229. The number of anilines is 1.